The molecule has 1 aliphatic heterocycles. The van der Waals surface area contributed by atoms with Gasteiger partial charge in [-0.25, -0.2) is 0 Å². The number of hydrogen-bond acceptors (Lipinski definition) is 5. The molecule has 1 aliphatic carbocycles. The summed E-state index contributed by atoms with van der Waals surface area (Å²) >= 11 is 1.28. The van der Waals surface area contributed by atoms with E-state index in [0.29, 0.717) is 24.1 Å². The zero-order chi connectivity index (χ0) is 13.2. The van der Waals surface area contributed by atoms with Crippen molar-refractivity contribution in [2.45, 2.75) is 38.1 Å². The highest BCUT2D eigenvalue weighted by Crippen LogP contribution is 2.29. The lowest BCUT2D eigenvalue weighted by Crippen LogP contribution is -2.35. The first kappa shape index (κ1) is 12.5. The fourth-order valence-electron chi connectivity index (χ4n) is 2.91. The number of amides is 2. The van der Waals surface area contributed by atoms with Gasteiger partial charge in [-0.05, 0) is 12.8 Å². The molecule has 1 saturated carbocycles. The summed E-state index contributed by atoms with van der Waals surface area (Å²) in [6.07, 6.45) is 4.86. The molecule has 2 heterocycles. The molecule has 0 spiro atoms. The van der Waals surface area contributed by atoms with Crippen LogP contribution in [0.25, 0.3) is 0 Å². The number of carbonyl (C=O) groups excluding carboxylic acids is 2. The van der Waals surface area contributed by atoms with E-state index >= 15 is 0 Å². The highest BCUT2D eigenvalue weighted by molar-refractivity contribution is 7.13. The van der Waals surface area contributed by atoms with Gasteiger partial charge in [-0.1, -0.05) is 24.2 Å². The number of hydrogen-bond donors (Lipinski definition) is 1. The summed E-state index contributed by atoms with van der Waals surface area (Å²) in [5.74, 6) is -0.257. The fraction of sp³-hybridized carbons (Fsp3) is 0.667. The van der Waals surface area contributed by atoms with Crippen LogP contribution in [-0.4, -0.2) is 39.5 Å². The molecule has 1 aromatic heterocycles. The zero-order valence-corrected chi connectivity index (χ0v) is 11.4. The first-order valence-electron chi connectivity index (χ1n) is 6.60. The van der Waals surface area contributed by atoms with E-state index in [1.165, 1.54) is 24.2 Å². The van der Waals surface area contributed by atoms with Crippen molar-refractivity contribution < 1.29 is 9.59 Å². The summed E-state index contributed by atoms with van der Waals surface area (Å²) in [6, 6.07) is 0.354. The predicted octanol–water partition coefficient (Wildman–Crippen LogP) is 1.27. The van der Waals surface area contributed by atoms with Crippen molar-refractivity contribution in [2.75, 3.05) is 11.9 Å². The Balaban J connectivity index is 1.60. The standard InChI is InChI=1S/C12H16N4O2S/c17-10-5-8(6-16(10)9-3-1-2-4-9)11(18)14-12-15-13-7-19-12/h7-9H,1-6H2,(H,14,15,18)/t8-/m1/s1. The van der Waals surface area contributed by atoms with Crippen LogP contribution in [0, 0.1) is 5.92 Å². The second-order valence-electron chi connectivity index (χ2n) is 5.12. The molecule has 2 amide bonds. The fourth-order valence-corrected chi connectivity index (χ4v) is 3.36. The third kappa shape index (κ3) is 2.60. The molecule has 2 aliphatic rings. The van der Waals surface area contributed by atoms with Crippen molar-refractivity contribution >= 4 is 28.3 Å². The van der Waals surface area contributed by atoms with E-state index in [-0.39, 0.29) is 17.7 Å². The van der Waals surface area contributed by atoms with E-state index in [0.717, 1.165) is 12.8 Å². The van der Waals surface area contributed by atoms with Crippen LogP contribution in [0.15, 0.2) is 5.51 Å². The van der Waals surface area contributed by atoms with Crippen molar-refractivity contribution in [3.8, 4) is 0 Å². The molecular weight excluding hydrogens is 264 g/mol. The molecule has 1 N–H and O–H groups in total. The lowest BCUT2D eigenvalue weighted by atomic mass is 10.1. The third-order valence-electron chi connectivity index (χ3n) is 3.88. The van der Waals surface area contributed by atoms with Crippen LogP contribution in [0.4, 0.5) is 5.13 Å². The minimum Gasteiger partial charge on any atom is -0.339 e. The number of rotatable bonds is 3. The first-order valence-corrected chi connectivity index (χ1v) is 7.48. The van der Waals surface area contributed by atoms with E-state index in [9.17, 15) is 9.59 Å². The summed E-state index contributed by atoms with van der Waals surface area (Å²) in [6.45, 7) is 0.550. The van der Waals surface area contributed by atoms with Gasteiger partial charge in [0.2, 0.25) is 16.9 Å². The van der Waals surface area contributed by atoms with Crippen molar-refractivity contribution in [3.63, 3.8) is 0 Å². The van der Waals surface area contributed by atoms with Crippen LogP contribution in [0.5, 0.6) is 0 Å². The molecule has 0 bridgehead atoms. The summed E-state index contributed by atoms with van der Waals surface area (Å²) in [4.78, 5) is 26.0. The van der Waals surface area contributed by atoms with Crippen LogP contribution in [0.3, 0.4) is 0 Å². The molecule has 102 valence electrons. The average molecular weight is 280 g/mol. The topological polar surface area (TPSA) is 75.2 Å². The van der Waals surface area contributed by atoms with E-state index in [1.54, 1.807) is 5.51 Å². The zero-order valence-electron chi connectivity index (χ0n) is 10.5. The van der Waals surface area contributed by atoms with Crippen molar-refractivity contribution in [2.24, 2.45) is 5.92 Å². The van der Waals surface area contributed by atoms with Gasteiger partial charge < -0.3 is 10.2 Å². The van der Waals surface area contributed by atoms with Crippen LogP contribution in [-0.2, 0) is 9.59 Å². The molecule has 19 heavy (non-hydrogen) atoms. The lowest BCUT2D eigenvalue weighted by Gasteiger charge is -2.23. The smallest absolute Gasteiger partial charge is 0.231 e. The Morgan fingerprint density at radius 3 is 2.89 bits per heavy atom. The maximum absolute atomic E-state index is 12.1. The van der Waals surface area contributed by atoms with Gasteiger partial charge >= 0.3 is 0 Å². The van der Waals surface area contributed by atoms with Crippen LogP contribution in [0.1, 0.15) is 32.1 Å². The van der Waals surface area contributed by atoms with Crippen LogP contribution < -0.4 is 5.32 Å². The lowest BCUT2D eigenvalue weighted by molar-refractivity contribution is -0.129. The molecular formula is C12H16N4O2S. The summed E-state index contributed by atoms with van der Waals surface area (Å²) in [7, 11) is 0. The number of likely N-dealkylation sites (tertiary alicyclic amines) is 1. The Morgan fingerprint density at radius 1 is 1.42 bits per heavy atom. The van der Waals surface area contributed by atoms with Gasteiger partial charge in [-0.3, -0.25) is 9.59 Å². The number of anilines is 1. The Bertz CT molecular complexity index is 470. The summed E-state index contributed by atoms with van der Waals surface area (Å²) < 4.78 is 0. The monoisotopic (exact) mass is 280 g/mol. The Morgan fingerprint density at radius 2 is 2.21 bits per heavy atom. The van der Waals surface area contributed by atoms with E-state index < -0.39 is 0 Å². The number of aromatic nitrogens is 2. The molecule has 1 atom stereocenters. The normalized spacial score (nSPS) is 24.1. The van der Waals surface area contributed by atoms with Crippen molar-refractivity contribution in [1.29, 1.82) is 0 Å². The minimum absolute atomic E-state index is 0.115. The predicted molar refractivity (Wildman–Crippen MR) is 70.6 cm³/mol. The summed E-state index contributed by atoms with van der Waals surface area (Å²) in [5.41, 5.74) is 1.57. The van der Waals surface area contributed by atoms with Crippen LogP contribution >= 0.6 is 11.3 Å². The van der Waals surface area contributed by atoms with Gasteiger partial charge in [0.05, 0.1) is 5.92 Å². The molecule has 0 aromatic carbocycles. The number of carbonyl (C=O) groups is 2. The molecule has 2 fully saturated rings. The molecule has 1 aromatic rings. The Labute approximate surface area is 115 Å². The quantitative estimate of drug-likeness (QED) is 0.904. The van der Waals surface area contributed by atoms with E-state index in [1.807, 2.05) is 4.90 Å². The largest absolute Gasteiger partial charge is 0.339 e. The van der Waals surface area contributed by atoms with Gasteiger partial charge in [-0.2, -0.15) is 0 Å². The molecule has 6 nitrogen and oxygen atoms in total. The second kappa shape index (κ2) is 5.24. The first-order chi connectivity index (χ1) is 9.24. The third-order valence-corrected chi connectivity index (χ3v) is 4.49. The Kier molecular flexibility index (Phi) is 3.46. The van der Waals surface area contributed by atoms with Gasteiger partial charge in [0.15, 0.2) is 0 Å². The van der Waals surface area contributed by atoms with Crippen molar-refractivity contribution in [1.82, 2.24) is 15.1 Å². The molecule has 7 heteroatoms. The second-order valence-corrected chi connectivity index (χ2v) is 5.95. The van der Waals surface area contributed by atoms with Crippen molar-refractivity contribution in [3.05, 3.63) is 5.51 Å². The van der Waals surface area contributed by atoms with E-state index in [4.69, 9.17) is 0 Å². The molecule has 0 unspecified atom stereocenters. The summed E-state index contributed by atoms with van der Waals surface area (Å²) in [5, 5.41) is 10.7. The maximum Gasteiger partial charge on any atom is 0.231 e. The Hall–Kier alpha value is -1.50. The number of nitrogens with zero attached hydrogens (tertiary/aromatic N) is 3. The van der Waals surface area contributed by atoms with Crippen LogP contribution in [0.2, 0.25) is 0 Å². The average Bonchev–Trinajstić information content (AvgIpc) is 3.07. The van der Waals surface area contributed by atoms with Gasteiger partial charge in [0, 0.05) is 19.0 Å². The highest BCUT2D eigenvalue weighted by atomic mass is 32.1. The molecule has 0 radical (unpaired) electrons. The number of nitrogens with one attached hydrogen (secondary N) is 1. The SMILES string of the molecule is O=C(Nc1nncs1)[C@@H]1CC(=O)N(C2CCCC2)C1. The van der Waals surface area contributed by atoms with Gasteiger partial charge in [0.25, 0.3) is 0 Å². The minimum atomic E-state index is -0.253. The van der Waals surface area contributed by atoms with E-state index in [2.05, 4.69) is 15.5 Å². The highest BCUT2D eigenvalue weighted by Gasteiger charge is 2.38. The molecule has 3 rings (SSSR count). The van der Waals surface area contributed by atoms with Gasteiger partial charge in [-0.15, -0.1) is 10.2 Å². The molecule has 1 saturated heterocycles. The van der Waals surface area contributed by atoms with Gasteiger partial charge in [0.1, 0.15) is 5.51 Å². The maximum atomic E-state index is 12.1.